The molecule has 2 aromatic carbocycles. The van der Waals surface area contributed by atoms with E-state index >= 15 is 0 Å². The van der Waals surface area contributed by atoms with E-state index in [4.69, 9.17) is 33.7 Å². The topological polar surface area (TPSA) is 77.2 Å². The molecule has 28 heavy (non-hydrogen) atoms. The highest BCUT2D eigenvalue weighted by Crippen LogP contribution is 2.29. The Morgan fingerprint density at radius 3 is 2.71 bits per heavy atom. The molecule has 0 fully saturated rings. The van der Waals surface area contributed by atoms with Crippen LogP contribution in [0.2, 0.25) is 10.0 Å². The maximum Gasteiger partial charge on any atom is 0.189 e. The standard InChI is InChI=1S/C21H17Cl2N3O2/c1-28-20-9-5-13(11-17(20)24)4-8-19(27)15-3-2-10-25-21(15)26-18-7-6-14(22)12-16(18)23/h2-12H,24H2,1H3,(H,25,26). The minimum atomic E-state index is -0.213. The molecule has 1 aromatic heterocycles. The fourth-order valence-corrected chi connectivity index (χ4v) is 3.00. The van der Waals surface area contributed by atoms with Crippen LogP contribution in [0.15, 0.2) is 60.8 Å². The van der Waals surface area contributed by atoms with Gasteiger partial charge in [-0.15, -0.1) is 0 Å². The van der Waals surface area contributed by atoms with Crippen molar-refractivity contribution in [3.8, 4) is 5.75 Å². The smallest absolute Gasteiger partial charge is 0.189 e. The number of aromatic nitrogens is 1. The number of carbonyl (C=O) groups excluding carboxylic acids is 1. The molecule has 0 saturated carbocycles. The van der Waals surface area contributed by atoms with E-state index in [0.717, 1.165) is 5.56 Å². The average molecular weight is 414 g/mol. The van der Waals surface area contributed by atoms with Gasteiger partial charge in [0.1, 0.15) is 11.6 Å². The zero-order chi connectivity index (χ0) is 20.1. The Hall–Kier alpha value is -3.02. The van der Waals surface area contributed by atoms with Crippen molar-refractivity contribution in [2.24, 2.45) is 0 Å². The first-order valence-corrected chi connectivity index (χ1v) is 9.06. The third kappa shape index (κ3) is 4.63. The molecule has 0 unspecified atom stereocenters. The minimum Gasteiger partial charge on any atom is -0.495 e. The molecule has 0 amide bonds. The van der Waals surface area contributed by atoms with Gasteiger partial charge in [0.15, 0.2) is 5.78 Å². The number of rotatable bonds is 6. The van der Waals surface area contributed by atoms with Crippen LogP contribution < -0.4 is 15.8 Å². The van der Waals surface area contributed by atoms with Gasteiger partial charge in [-0.25, -0.2) is 4.98 Å². The third-order valence-electron chi connectivity index (χ3n) is 3.94. The lowest BCUT2D eigenvalue weighted by Crippen LogP contribution is -2.03. The first-order valence-electron chi connectivity index (χ1n) is 8.31. The monoisotopic (exact) mass is 413 g/mol. The first kappa shape index (κ1) is 19.7. The van der Waals surface area contributed by atoms with Gasteiger partial charge in [-0.2, -0.15) is 0 Å². The van der Waals surface area contributed by atoms with Gasteiger partial charge in [-0.05, 0) is 54.1 Å². The molecule has 0 spiro atoms. The van der Waals surface area contributed by atoms with Crippen molar-refractivity contribution >= 4 is 52.3 Å². The Morgan fingerprint density at radius 1 is 1.18 bits per heavy atom. The molecule has 3 aromatic rings. The second-order valence-corrected chi connectivity index (χ2v) is 6.69. The summed E-state index contributed by atoms with van der Waals surface area (Å²) in [4.78, 5) is 17.0. The predicted octanol–water partition coefficient (Wildman–Crippen LogP) is 5.62. The van der Waals surface area contributed by atoms with Crippen LogP contribution in [0.1, 0.15) is 15.9 Å². The Balaban J connectivity index is 1.83. The number of anilines is 3. The van der Waals surface area contributed by atoms with Gasteiger partial charge < -0.3 is 15.8 Å². The van der Waals surface area contributed by atoms with Gasteiger partial charge in [0.05, 0.1) is 29.1 Å². The second kappa shape index (κ2) is 8.78. The maximum absolute atomic E-state index is 12.7. The summed E-state index contributed by atoms with van der Waals surface area (Å²) in [6.45, 7) is 0. The molecule has 7 heteroatoms. The van der Waals surface area contributed by atoms with Gasteiger partial charge >= 0.3 is 0 Å². The van der Waals surface area contributed by atoms with Crippen molar-refractivity contribution in [3.05, 3.63) is 82.0 Å². The van der Waals surface area contributed by atoms with E-state index in [-0.39, 0.29) is 5.78 Å². The Labute approximate surface area is 172 Å². The number of benzene rings is 2. The Bertz CT molecular complexity index is 1050. The molecular weight excluding hydrogens is 397 g/mol. The van der Waals surface area contributed by atoms with Crippen LogP contribution in [-0.2, 0) is 0 Å². The quantitative estimate of drug-likeness (QED) is 0.311. The molecule has 142 valence electrons. The number of nitrogens with one attached hydrogen (secondary N) is 1. The van der Waals surface area contributed by atoms with Crippen LogP contribution in [0.4, 0.5) is 17.2 Å². The van der Waals surface area contributed by atoms with E-state index in [9.17, 15) is 4.79 Å². The zero-order valence-corrected chi connectivity index (χ0v) is 16.5. The van der Waals surface area contributed by atoms with E-state index in [2.05, 4.69) is 10.3 Å². The summed E-state index contributed by atoms with van der Waals surface area (Å²) in [5, 5.41) is 4.03. The van der Waals surface area contributed by atoms with Gasteiger partial charge in [-0.1, -0.05) is 35.3 Å². The largest absolute Gasteiger partial charge is 0.495 e. The van der Waals surface area contributed by atoms with Crippen LogP contribution in [0.5, 0.6) is 5.75 Å². The summed E-state index contributed by atoms with van der Waals surface area (Å²) in [5.74, 6) is 0.771. The fourth-order valence-electron chi connectivity index (χ4n) is 2.54. The van der Waals surface area contributed by atoms with Gasteiger partial charge in [-0.3, -0.25) is 4.79 Å². The van der Waals surface area contributed by atoms with Crippen LogP contribution >= 0.6 is 23.2 Å². The van der Waals surface area contributed by atoms with Gasteiger partial charge in [0.2, 0.25) is 0 Å². The zero-order valence-electron chi connectivity index (χ0n) is 14.9. The number of nitrogens with zero attached hydrogens (tertiary/aromatic N) is 1. The molecule has 0 saturated heterocycles. The highest BCUT2D eigenvalue weighted by atomic mass is 35.5. The normalized spacial score (nSPS) is 10.8. The summed E-state index contributed by atoms with van der Waals surface area (Å²) in [7, 11) is 1.55. The lowest BCUT2D eigenvalue weighted by Gasteiger charge is -2.10. The van der Waals surface area contributed by atoms with Crippen molar-refractivity contribution in [2.75, 3.05) is 18.2 Å². The number of nitrogens with two attached hydrogens (primary N) is 1. The number of methoxy groups -OCH3 is 1. The molecule has 1 heterocycles. The van der Waals surface area contributed by atoms with E-state index < -0.39 is 0 Å². The Morgan fingerprint density at radius 2 is 2.00 bits per heavy atom. The Kier molecular flexibility index (Phi) is 6.19. The van der Waals surface area contributed by atoms with E-state index in [0.29, 0.717) is 38.6 Å². The molecule has 3 rings (SSSR count). The summed E-state index contributed by atoms with van der Waals surface area (Å²) in [5.41, 5.74) is 8.19. The number of pyridine rings is 1. The van der Waals surface area contributed by atoms with Crippen molar-refractivity contribution in [1.29, 1.82) is 0 Å². The van der Waals surface area contributed by atoms with Crippen LogP contribution in [0, 0.1) is 0 Å². The van der Waals surface area contributed by atoms with Crippen molar-refractivity contribution in [2.45, 2.75) is 0 Å². The second-order valence-electron chi connectivity index (χ2n) is 5.85. The van der Waals surface area contributed by atoms with Crippen molar-refractivity contribution in [1.82, 2.24) is 4.98 Å². The van der Waals surface area contributed by atoms with Crippen molar-refractivity contribution < 1.29 is 9.53 Å². The third-order valence-corrected chi connectivity index (χ3v) is 4.49. The highest BCUT2D eigenvalue weighted by molar-refractivity contribution is 6.36. The SMILES string of the molecule is COc1ccc(C=CC(=O)c2cccnc2Nc2ccc(Cl)cc2Cl)cc1N. The van der Waals surface area contributed by atoms with Crippen LogP contribution in [0.25, 0.3) is 6.08 Å². The molecule has 0 atom stereocenters. The molecule has 0 radical (unpaired) electrons. The van der Waals surface area contributed by atoms with E-state index in [1.54, 1.807) is 61.8 Å². The molecule has 0 aliphatic carbocycles. The van der Waals surface area contributed by atoms with Gasteiger partial charge in [0, 0.05) is 11.2 Å². The van der Waals surface area contributed by atoms with Crippen LogP contribution in [0.3, 0.4) is 0 Å². The molecular formula is C21H17Cl2N3O2. The minimum absolute atomic E-state index is 0.213. The van der Waals surface area contributed by atoms with Crippen molar-refractivity contribution in [3.63, 3.8) is 0 Å². The summed E-state index contributed by atoms with van der Waals surface area (Å²) >= 11 is 12.1. The number of halogens is 2. The van der Waals surface area contributed by atoms with Gasteiger partial charge in [0.25, 0.3) is 0 Å². The lowest BCUT2D eigenvalue weighted by atomic mass is 10.1. The molecule has 3 N–H and O–H groups in total. The van der Waals surface area contributed by atoms with E-state index in [1.165, 1.54) is 6.08 Å². The molecule has 0 aliphatic rings. The van der Waals surface area contributed by atoms with Crippen LogP contribution in [-0.4, -0.2) is 17.9 Å². The molecule has 5 nitrogen and oxygen atoms in total. The number of ketones is 1. The number of nitrogen functional groups attached to an aromatic ring is 1. The molecule has 0 bridgehead atoms. The number of ether oxygens (including phenoxy) is 1. The van der Waals surface area contributed by atoms with E-state index in [1.807, 2.05) is 6.07 Å². The molecule has 0 aliphatic heterocycles. The summed E-state index contributed by atoms with van der Waals surface area (Å²) < 4.78 is 5.13. The summed E-state index contributed by atoms with van der Waals surface area (Å²) in [6, 6.07) is 13.7. The number of carbonyl (C=O) groups is 1. The number of allylic oxidation sites excluding steroid dienone is 1. The summed E-state index contributed by atoms with van der Waals surface area (Å²) in [6.07, 6.45) is 4.74. The maximum atomic E-state index is 12.7. The lowest BCUT2D eigenvalue weighted by molar-refractivity contribution is 0.104. The average Bonchev–Trinajstić information content (AvgIpc) is 2.69. The fraction of sp³-hybridized carbons (Fsp3) is 0.0476. The predicted molar refractivity (Wildman–Crippen MR) is 115 cm³/mol. The first-order chi connectivity index (χ1) is 13.5. The number of hydrogen-bond acceptors (Lipinski definition) is 5. The number of hydrogen-bond donors (Lipinski definition) is 2. The highest BCUT2D eigenvalue weighted by Gasteiger charge is 2.12.